The second kappa shape index (κ2) is 7.69. The first-order chi connectivity index (χ1) is 6.10. The van der Waals surface area contributed by atoms with E-state index in [1.54, 1.807) is 0 Å². The van der Waals surface area contributed by atoms with Gasteiger partial charge in [-0.05, 0) is 18.1 Å². The van der Waals surface area contributed by atoms with Crippen LogP contribution in [0.5, 0.6) is 0 Å². The molecule has 1 atom stereocenters. The van der Waals surface area contributed by atoms with Crippen molar-refractivity contribution in [2.45, 2.75) is 64.0 Å². The molecule has 0 aromatic heterocycles. The van der Waals surface area contributed by atoms with Crippen molar-refractivity contribution >= 4 is 11.8 Å². The third kappa shape index (κ3) is 7.39. The van der Waals surface area contributed by atoms with E-state index in [-0.39, 0.29) is 0 Å². The highest BCUT2D eigenvalue weighted by Crippen LogP contribution is 2.16. The largest absolute Gasteiger partial charge is 0.313 e. The summed E-state index contributed by atoms with van der Waals surface area (Å²) < 4.78 is 0. The first-order valence-corrected chi connectivity index (χ1v) is 6.43. The molecule has 0 aromatic carbocycles. The Bertz CT molecular complexity index is 111. The molecule has 13 heavy (non-hydrogen) atoms. The zero-order valence-electron chi connectivity index (χ0n) is 9.76. The summed E-state index contributed by atoms with van der Waals surface area (Å²) in [6.07, 6.45) is 2.49. The smallest absolute Gasteiger partial charge is 0.0146 e. The van der Waals surface area contributed by atoms with Crippen LogP contribution in [0.2, 0.25) is 0 Å². The quantitative estimate of drug-likeness (QED) is 0.681. The summed E-state index contributed by atoms with van der Waals surface area (Å²) in [5.41, 5.74) is 0. The Labute approximate surface area is 88.1 Å². The molecule has 0 aliphatic rings. The fourth-order valence-electron chi connectivity index (χ4n) is 1.42. The lowest BCUT2D eigenvalue weighted by Crippen LogP contribution is -2.33. The summed E-state index contributed by atoms with van der Waals surface area (Å²) in [5, 5.41) is 5.09. The zero-order valence-corrected chi connectivity index (χ0v) is 10.6. The standard InChI is InChI=1S/C11H25NS/c1-6-11(7-2)12-8-10(5)13-9(3)4/h9-12H,6-8H2,1-5H3. The van der Waals surface area contributed by atoms with Crippen LogP contribution in [-0.2, 0) is 0 Å². The highest BCUT2D eigenvalue weighted by atomic mass is 32.2. The fraction of sp³-hybridized carbons (Fsp3) is 1.00. The van der Waals surface area contributed by atoms with Gasteiger partial charge < -0.3 is 5.32 Å². The van der Waals surface area contributed by atoms with Crippen LogP contribution >= 0.6 is 11.8 Å². The van der Waals surface area contributed by atoms with Gasteiger partial charge in [-0.15, -0.1) is 0 Å². The molecule has 0 radical (unpaired) electrons. The molecule has 1 unspecified atom stereocenters. The summed E-state index contributed by atoms with van der Waals surface area (Å²) in [6, 6.07) is 0.718. The lowest BCUT2D eigenvalue weighted by atomic mass is 10.2. The van der Waals surface area contributed by atoms with Gasteiger partial charge in [-0.2, -0.15) is 11.8 Å². The van der Waals surface area contributed by atoms with Crippen LogP contribution in [0, 0.1) is 0 Å². The van der Waals surface area contributed by atoms with Gasteiger partial charge in [-0.3, -0.25) is 0 Å². The summed E-state index contributed by atoms with van der Waals surface area (Å²) >= 11 is 2.05. The minimum atomic E-state index is 0.718. The van der Waals surface area contributed by atoms with Crippen LogP contribution in [0.3, 0.4) is 0 Å². The normalized spacial score (nSPS) is 14.1. The predicted octanol–water partition coefficient (Wildman–Crippen LogP) is 3.29. The maximum Gasteiger partial charge on any atom is 0.0146 e. The first-order valence-electron chi connectivity index (χ1n) is 5.48. The molecule has 0 amide bonds. The summed E-state index contributed by atoms with van der Waals surface area (Å²) in [5.74, 6) is 0. The summed E-state index contributed by atoms with van der Waals surface area (Å²) in [7, 11) is 0. The van der Waals surface area contributed by atoms with Crippen molar-refractivity contribution in [1.29, 1.82) is 0 Å². The monoisotopic (exact) mass is 203 g/mol. The number of hydrogen-bond acceptors (Lipinski definition) is 2. The minimum Gasteiger partial charge on any atom is -0.313 e. The van der Waals surface area contributed by atoms with Crippen LogP contribution < -0.4 is 5.32 Å². The highest BCUT2D eigenvalue weighted by molar-refractivity contribution is 8.00. The Hall–Kier alpha value is 0.310. The van der Waals surface area contributed by atoms with E-state index in [2.05, 4.69) is 51.7 Å². The van der Waals surface area contributed by atoms with Gasteiger partial charge in [0.1, 0.15) is 0 Å². The van der Waals surface area contributed by atoms with Crippen molar-refractivity contribution in [2.24, 2.45) is 0 Å². The van der Waals surface area contributed by atoms with Crippen molar-refractivity contribution in [3.8, 4) is 0 Å². The van der Waals surface area contributed by atoms with Gasteiger partial charge in [-0.1, -0.05) is 34.6 Å². The molecular weight excluding hydrogens is 178 g/mol. The molecule has 0 aliphatic heterocycles. The van der Waals surface area contributed by atoms with Gasteiger partial charge in [0.15, 0.2) is 0 Å². The van der Waals surface area contributed by atoms with E-state index in [9.17, 15) is 0 Å². The maximum absolute atomic E-state index is 3.60. The number of hydrogen-bond donors (Lipinski definition) is 1. The van der Waals surface area contributed by atoms with E-state index in [4.69, 9.17) is 0 Å². The van der Waals surface area contributed by atoms with Crippen LogP contribution in [0.15, 0.2) is 0 Å². The third-order valence-corrected chi connectivity index (χ3v) is 3.36. The Kier molecular flexibility index (Phi) is 7.87. The Morgan fingerprint density at radius 1 is 1.08 bits per heavy atom. The van der Waals surface area contributed by atoms with Gasteiger partial charge in [-0.25, -0.2) is 0 Å². The van der Waals surface area contributed by atoms with Gasteiger partial charge in [0.2, 0.25) is 0 Å². The average molecular weight is 203 g/mol. The van der Waals surface area contributed by atoms with Gasteiger partial charge in [0, 0.05) is 17.8 Å². The van der Waals surface area contributed by atoms with Crippen molar-refractivity contribution in [1.82, 2.24) is 5.32 Å². The van der Waals surface area contributed by atoms with E-state index < -0.39 is 0 Å². The second-order valence-corrected chi connectivity index (χ2v) is 5.94. The zero-order chi connectivity index (χ0) is 10.3. The lowest BCUT2D eigenvalue weighted by Gasteiger charge is -2.19. The lowest BCUT2D eigenvalue weighted by molar-refractivity contribution is 0.487. The van der Waals surface area contributed by atoms with Crippen LogP contribution in [-0.4, -0.2) is 23.1 Å². The summed E-state index contributed by atoms with van der Waals surface area (Å²) in [6.45, 7) is 12.5. The maximum atomic E-state index is 3.60. The molecule has 0 aliphatic carbocycles. The molecule has 0 saturated carbocycles. The van der Waals surface area contributed by atoms with E-state index in [1.165, 1.54) is 12.8 Å². The van der Waals surface area contributed by atoms with E-state index in [0.717, 1.165) is 23.1 Å². The van der Waals surface area contributed by atoms with E-state index in [0.29, 0.717) is 0 Å². The van der Waals surface area contributed by atoms with Gasteiger partial charge in [0.25, 0.3) is 0 Å². The topological polar surface area (TPSA) is 12.0 Å². The molecule has 1 N–H and O–H groups in total. The molecule has 0 rings (SSSR count). The molecule has 80 valence electrons. The van der Waals surface area contributed by atoms with Crippen molar-refractivity contribution in [2.75, 3.05) is 6.54 Å². The second-order valence-electron chi connectivity index (χ2n) is 3.92. The Morgan fingerprint density at radius 2 is 1.62 bits per heavy atom. The van der Waals surface area contributed by atoms with Crippen molar-refractivity contribution in [3.05, 3.63) is 0 Å². The molecule has 0 bridgehead atoms. The number of thioether (sulfide) groups is 1. The van der Waals surface area contributed by atoms with Crippen molar-refractivity contribution < 1.29 is 0 Å². The Balaban J connectivity index is 3.49. The molecule has 2 heteroatoms. The van der Waals surface area contributed by atoms with Crippen LogP contribution in [0.4, 0.5) is 0 Å². The average Bonchev–Trinajstić information content (AvgIpc) is 2.05. The SMILES string of the molecule is CCC(CC)NCC(C)SC(C)C. The van der Waals surface area contributed by atoms with E-state index in [1.807, 2.05) is 0 Å². The molecule has 0 heterocycles. The van der Waals surface area contributed by atoms with Gasteiger partial charge in [0.05, 0.1) is 0 Å². The molecular formula is C11H25NS. The molecule has 0 fully saturated rings. The van der Waals surface area contributed by atoms with Crippen LogP contribution in [0.25, 0.3) is 0 Å². The minimum absolute atomic E-state index is 0.718. The first kappa shape index (κ1) is 13.3. The summed E-state index contributed by atoms with van der Waals surface area (Å²) in [4.78, 5) is 0. The third-order valence-electron chi connectivity index (χ3n) is 2.18. The fourth-order valence-corrected chi connectivity index (χ4v) is 2.54. The molecule has 0 aromatic rings. The molecule has 0 spiro atoms. The Morgan fingerprint density at radius 3 is 2.00 bits per heavy atom. The van der Waals surface area contributed by atoms with Gasteiger partial charge >= 0.3 is 0 Å². The van der Waals surface area contributed by atoms with Crippen molar-refractivity contribution in [3.63, 3.8) is 0 Å². The van der Waals surface area contributed by atoms with Crippen LogP contribution in [0.1, 0.15) is 47.5 Å². The predicted molar refractivity (Wildman–Crippen MR) is 64.6 cm³/mol. The number of nitrogens with one attached hydrogen (secondary N) is 1. The number of rotatable bonds is 7. The molecule has 0 saturated heterocycles. The highest BCUT2D eigenvalue weighted by Gasteiger charge is 2.07. The van der Waals surface area contributed by atoms with E-state index >= 15 is 0 Å². The molecule has 1 nitrogen and oxygen atoms in total.